The lowest BCUT2D eigenvalue weighted by atomic mass is 10.2. The van der Waals surface area contributed by atoms with E-state index in [-0.39, 0.29) is 33.3 Å². The van der Waals surface area contributed by atoms with Crippen molar-refractivity contribution in [3.63, 3.8) is 0 Å². The lowest BCUT2D eigenvalue weighted by Gasteiger charge is -2.02. The molecule has 0 aliphatic rings. The van der Waals surface area contributed by atoms with Crippen molar-refractivity contribution in [2.75, 3.05) is 0 Å². The number of non-ortho nitro benzene ring substituents is 1. The number of nitro benzene ring substituents is 1. The molecule has 0 bridgehead atoms. The predicted molar refractivity (Wildman–Crippen MR) is 72.6 cm³/mol. The maximum atomic E-state index is 10.7. The molecule has 6 N–H and O–H groups in total. The first kappa shape index (κ1) is 14.4. The molecule has 19 heavy (non-hydrogen) atoms. The quantitative estimate of drug-likeness (QED) is 0.308. The molecule has 10 heteroatoms. The van der Waals surface area contributed by atoms with Crippen LogP contribution in [0.2, 0.25) is 0 Å². The number of rotatable bonds is 2. The summed E-state index contributed by atoms with van der Waals surface area (Å²) in [5.74, 6) is -0.566. The summed E-state index contributed by atoms with van der Waals surface area (Å²) >= 11 is 3.07. The second-order valence-electron chi connectivity index (χ2n) is 3.20. The molecule has 0 saturated heterocycles. The standard InChI is InChI=1S/C9H8BrN7O2/c10-6-2-5(17(18)19)1-4(3-11)7(6)15-9(14)16-8(12)13/h1-2H,(H6,12,13,14,15,16). The van der Waals surface area contributed by atoms with Gasteiger partial charge in [0.25, 0.3) is 5.69 Å². The van der Waals surface area contributed by atoms with Gasteiger partial charge in [0.1, 0.15) is 6.07 Å². The fourth-order valence-corrected chi connectivity index (χ4v) is 1.70. The van der Waals surface area contributed by atoms with Gasteiger partial charge in [0.2, 0.25) is 5.96 Å². The molecule has 1 aromatic rings. The van der Waals surface area contributed by atoms with E-state index in [0.717, 1.165) is 6.07 Å². The summed E-state index contributed by atoms with van der Waals surface area (Å²) < 4.78 is 0.229. The molecular weight excluding hydrogens is 318 g/mol. The molecule has 0 spiro atoms. The number of halogens is 1. The molecule has 0 aliphatic carbocycles. The second kappa shape index (κ2) is 5.78. The van der Waals surface area contributed by atoms with Crippen LogP contribution in [-0.2, 0) is 0 Å². The van der Waals surface area contributed by atoms with E-state index >= 15 is 0 Å². The van der Waals surface area contributed by atoms with Crippen LogP contribution in [0, 0.1) is 21.4 Å². The average molecular weight is 326 g/mol. The van der Waals surface area contributed by atoms with E-state index in [9.17, 15) is 10.1 Å². The van der Waals surface area contributed by atoms with E-state index in [2.05, 4.69) is 25.9 Å². The highest BCUT2D eigenvalue weighted by molar-refractivity contribution is 9.10. The Kier molecular flexibility index (Phi) is 4.38. The number of benzene rings is 1. The Morgan fingerprint density at radius 2 is 2.05 bits per heavy atom. The van der Waals surface area contributed by atoms with E-state index in [1.807, 2.05) is 0 Å². The Morgan fingerprint density at radius 3 is 2.53 bits per heavy atom. The van der Waals surface area contributed by atoms with Gasteiger partial charge in [-0.3, -0.25) is 10.1 Å². The minimum Gasteiger partial charge on any atom is -0.370 e. The first-order valence-corrected chi connectivity index (χ1v) is 5.46. The summed E-state index contributed by atoms with van der Waals surface area (Å²) in [6.07, 6.45) is 0. The highest BCUT2D eigenvalue weighted by Gasteiger charge is 2.15. The minimum atomic E-state index is -0.627. The molecular formula is C9H8BrN7O2. The Balaban J connectivity index is 3.42. The van der Waals surface area contributed by atoms with E-state index < -0.39 is 4.92 Å². The van der Waals surface area contributed by atoms with Gasteiger partial charge in [0.05, 0.1) is 20.6 Å². The molecule has 98 valence electrons. The van der Waals surface area contributed by atoms with Gasteiger partial charge in [-0.2, -0.15) is 10.3 Å². The zero-order valence-electron chi connectivity index (χ0n) is 9.37. The van der Waals surface area contributed by atoms with Crippen molar-refractivity contribution in [2.45, 2.75) is 0 Å². The molecule has 1 rings (SSSR count). The van der Waals surface area contributed by atoms with Gasteiger partial charge < -0.3 is 17.2 Å². The topological polar surface area (TPSA) is 170 Å². The summed E-state index contributed by atoms with van der Waals surface area (Å²) in [6.45, 7) is 0. The van der Waals surface area contributed by atoms with Gasteiger partial charge in [-0.1, -0.05) is 0 Å². The third-order valence-corrected chi connectivity index (χ3v) is 2.45. The van der Waals surface area contributed by atoms with Gasteiger partial charge >= 0.3 is 0 Å². The van der Waals surface area contributed by atoms with Crippen molar-refractivity contribution in [1.29, 1.82) is 5.26 Å². The van der Waals surface area contributed by atoms with E-state index in [4.69, 9.17) is 22.5 Å². The number of guanidine groups is 2. The average Bonchev–Trinajstić information content (AvgIpc) is 2.30. The van der Waals surface area contributed by atoms with Crippen LogP contribution in [0.25, 0.3) is 0 Å². The number of hydrogen-bond acceptors (Lipinski definition) is 4. The Hall–Kier alpha value is -2.67. The van der Waals surface area contributed by atoms with Crippen molar-refractivity contribution in [2.24, 2.45) is 27.2 Å². The van der Waals surface area contributed by atoms with Crippen molar-refractivity contribution in [1.82, 2.24) is 0 Å². The monoisotopic (exact) mass is 325 g/mol. The van der Waals surface area contributed by atoms with Crippen molar-refractivity contribution in [3.05, 3.63) is 32.3 Å². The molecule has 0 heterocycles. The van der Waals surface area contributed by atoms with Gasteiger partial charge in [-0.15, -0.1) is 0 Å². The molecule has 0 radical (unpaired) electrons. The van der Waals surface area contributed by atoms with Crippen LogP contribution < -0.4 is 17.2 Å². The van der Waals surface area contributed by atoms with Crippen LogP contribution >= 0.6 is 15.9 Å². The molecule has 9 nitrogen and oxygen atoms in total. The van der Waals surface area contributed by atoms with Gasteiger partial charge in [0, 0.05) is 12.1 Å². The number of nitriles is 1. The highest BCUT2D eigenvalue weighted by atomic mass is 79.9. The molecule has 0 aromatic heterocycles. The lowest BCUT2D eigenvalue weighted by molar-refractivity contribution is -0.384. The SMILES string of the molecule is N#Cc1cc([N+](=O)[O-])cc(Br)c1N=C(N)N=C(N)N. The summed E-state index contributed by atoms with van der Waals surface area (Å²) in [5, 5.41) is 19.6. The molecule has 0 amide bonds. The van der Waals surface area contributed by atoms with Crippen molar-refractivity contribution >= 4 is 39.2 Å². The fraction of sp³-hybridized carbons (Fsp3) is 0. The summed E-state index contributed by atoms with van der Waals surface area (Å²) in [4.78, 5) is 17.3. The normalized spacial score (nSPS) is 10.6. The number of hydrogen-bond donors (Lipinski definition) is 3. The highest BCUT2D eigenvalue weighted by Crippen LogP contribution is 2.33. The van der Waals surface area contributed by atoms with Crippen LogP contribution in [0.3, 0.4) is 0 Å². The molecule has 0 fully saturated rings. The Labute approximate surface area is 115 Å². The smallest absolute Gasteiger partial charge is 0.272 e. The third-order valence-electron chi connectivity index (χ3n) is 1.85. The van der Waals surface area contributed by atoms with Crippen LogP contribution in [0.15, 0.2) is 26.6 Å². The number of nitro groups is 1. The van der Waals surface area contributed by atoms with Crippen molar-refractivity contribution < 1.29 is 4.92 Å². The number of nitrogens with two attached hydrogens (primary N) is 3. The first-order chi connectivity index (χ1) is 8.85. The Morgan fingerprint density at radius 1 is 1.42 bits per heavy atom. The molecule has 1 aromatic carbocycles. The predicted octanol–water partition coefficient (Wildman–Crippen LogP) is 0.449. The first-order valence-electron chi connectivity index (χ1n) is 4.67. The molecule has 0 unspecified atom stereocenters. The number of aliphatic imine (C=N–C) groups is 2. The summed E-state index contributed by atoms with van der Waals surface area (Å²) in [6, 6.07) is 4.05. The van der Waals surface area contributed by atoms with Crippen molar-refractivity contribution in [3.8, 4) is 6.07 Å². The van der Waals surface area contributed by atoms with Crippen LogP contribution in [0.4, 0.5) is 11.4 Å². The van der Waals surface area contributed by atoms with Crippen LogP contribution in [0.1, 0.15) is 5.56 Å². The second-order valence-corrected chi connectivity index (χ2v) is 4.05. The zero-order chi connectivity index (χ0) is 14.6. The van der Waals surface area contributed by atoms with Crippen LogP contribution in [0.5, 0.6) is 0 Å². The zero-order valence-corrected chi connectivity index (χ0v) is 11.0. The molecule has 0 aliphatic heterocycles. The van der Waals surface area contributed by atoms with E-state index in [1.54, 1.807) is 6.07 Å². The van der Waals surface area contributed by atoms with E-state index in [1.165, 1.54) is 6.07 Å². The van der Waals surface area contributed by atoms with Gasteiger partial charge in [-0.05, 0) is 15.9 Å². The van der Waals surface area contributed by atoms with Gasteiger partial charge in [-0.25, -0.2) is 4.99 Å². The third kappa shape index (κ3) is 3.65. The maximum Gasteiger partial charge on any atom is 0.272 e. The lowest BCUT2D eigenvalue weighted by Crippen LogP contribution is -2.26. The van der Waals surface area contributed by atoms with Gasteiger partial charge in [0.15, 0.2) is 5.96 Å². The fourth-order valence-electron chi connectivity index (χ4n) is 1.16. The largest absolute Gasteiger partial charge is 0.370 e. The summed E-state index contributed by atoms with van der Waals surface area (Å²) in [7, 11) is 0. The minimum absolute atomic E-state index is 0.0326. The maximum absolute atomic E-state index is 10.7. The molecule has 0 atom stereocenters. The molecule has 0 saturated carbocycles. The summed E-state index contributed by atoms with van der Waals surface area (Å²) in [5.41, 5.74) is 15.5. The Bertz CT molecular complexity index is 628. The van der Waals surface area contributed by atoms with Crippen LogP contribution in [-0.4, -0.2) is 16.8 Å². The van der Waals surface area contributed by atoms with E-state index in [0.29, 0.717) is 0 Å². The number of nitrogens with zero attached hydrogens (tertiary/aromatic N) is 4.